The minimum Gasteiger partial charge on any atom is -0.329 e. The molecule has 0 spiro atoms. The van der Waals surface area contributed by atoms with Crippen molar-refractivity contribution in [2.75, 3.05) is 13.1 Å². The Morgan fingerprint density at radius 2 is 2.07 bits per heavy atom. The maximum atomic E-state index is 6.14. The van der Waals surface area contributed by atoms with E-state index in [0.717, 1.165) is 11.6 Å². The fourth-order valence-corrected chi connectivity index (χ4v) is 2.42. The highest BCUT2D eigenvalue weighted by atomic mass is 35.5. The molecule has 0 saturated heterocycles. The molecule has 2 rings (SSSR count). The van der Waals surface area contributed by atoms with E-state index in [-0.39, 0.29) is 0 Å². The van der Waals surface area contributed by atoms with Gasteiger partial charge in [-0.3, -0.25) is 0 Å². The zero-order valence-electron chi connectivity index (χ0n) is 8.75. The fraction of sp³-hybridized carbons (Fsp3) is 0.500. The Kier molecular flexibility index (Phi) is 3.62. The predicted octanol–water partition coefficient (Wildman–Crippen LogP) is 2.13. The van der Waals surface area contributed by atoms with Crippen LogP contribution in [0.15, 0.2) is 24.3 Å². The molecular weight excluding hydrogens is 208 g/mol. The average molecular weight is 225 g/mol. The molecule has 0 aromatic heterocycles. The number of rotatable bonds is 4. The highest BCUT2D eigenvalue weighted by Gasteiger charge is 2.30. The highest BCUT2D eigenvalue weighted by Crippen LogP contribution is 2.39. The van der Waals surface area contributed by atoms with Crippen LogP contribution in [0.3, 0.4) is 0 Å². The van der Waals surface area contributed by atoms with Gasteiger partial charge in [0.05, 0.1) is 0 Å². The lowest BCUT2D eigenvalue weighted by Crippen LogP contribution is -2.42. The minimum atomic E-state index is 0.633. The lowest BCUT2D eigenvalue weighted by Gasteiger charge is -2.36. The Morgan fingerprint density at radius 3 is 2.73 bits per heavy atom. The van der Waals surface area contributed by atoms with E-state index in [2.05, 4.69) is 17.4 Å². The van der Waals surface area contributed by atoms with Gasteiger partial charge in [0.2, 0.25) is 0 Å². The number of hydrogen-bond acceptors (Lipinski definition) is 2. The molecule has 0 heterocycles. The van der Waals surface area contributed by atoms with Crippen LogP contribution in [-0.2, 0) is 0 Å². The van der Waals surface area contributed by atoms with E-state index in [1.54, 1.807) is 0 Å². The molecule has 0 radical (unpaired) electrons. The van der Waals surface area contributed by atoms with Crippen LogP contribution in [-0.4, -0.2) is 19.1 Å². The van der Waals surface area contributed by atoms with Gasteiger partial charge >= 0.3 is 0 Å². The quantitative estimate of drug-likeness (QED) is 0.823. The third kappa shape index (κ3) is 2.51. The van der Waals surface area contributed by atoms with E-state index in [4.69, 9.17) is 17.3 Å². The fourth-order valence-electron chi connectivity index (χ4n) is 2.13. The number of halogens is 1. The van der Waals surface area contributed by atoms with E-state index in [9.17, 15) is 0 Å². The molecule has 0 amide bonds. The second-order valence-corrected chi connectivity index (χ2v) is 4.54. The summed E-state index contributed by atoms with van der Waals surface area (Å²) in [6, 6.07) is 8.77. The van der Waals surface area contributed by atoms with Crippen LogP contribution in [0.2, 0.25) is 5.02 Å². The third-order valence-corrected chi connectivity index (χ3v) is 3.40. The predicted molar refractivity (Wildman–Crippen MR) is 64.3 cm³/mol. The lowest BCUT2D eigenvalue weighted by molar-refractivity contribution is 0.294. The van der Waals surface area contributed by atoms with Gasteiger partial charge in [-0.15, -0.1) is 0 Å². The molecular formula is C12H17ClN2. The van der Waals surface area contributed by atoms with Crippen molar-refractivity contribution in [3.05, 3.63) is 34.9 Å². The standard InChI is InChI=1S/C12H17ClN2/c13-12-4-2-1-3-11(12)9-7-10(8-9)15-6-5-14/h1-4,9-10,15H,5-8,14H2. The SMILES string of the molecule is NCCNC1CC(c2ccccc2Cl)C1. The van der Waals surface area contributed by atoms with Crippen molar-refractivity contribution < 1.29 is 0 Å². The Hall–Kier alpha value is -0.570. The Bertz CT molecular complexity index is 321. The minimum absolute atomic E-state index is 0.633. The van der Waals surface area contributed by atoms with Crippen LogP contribution >= 0.6 is 11.6 Å². The molecule has 82 valence electrons. The molecule has 1 aliphatic rings. The van der Waals surface area contributed by atoms with Gasteiger partial charge < -0.3 is 11.1 Å². The normalized spacial score (nSPS) is 24.9. The molecule has 0 aliphatic heterocycles. The number of hydrogen-bond donors (Lipinski definition) is 2. The molecule has 3 heteroatoms. The van der Waals surface area contributed by atoms with E-state index >= 15 is 0 Å². The summed E-state index contributed by atoms with van der Waals surface area (Å²) in [5.41, 5.74) is 6.74. The third-order valence-electron chi connectivity index (χ3n) is 3.06. The van der Waals surface area contributed by atoms with Gasteiger partial charge in [0, 0.05) is 24.2 Å². The summed E-state index contributed by atoms with van der Waals surface area (Å²) in [4.78, 5) is 0. The van der Waals surface area contributed by atoms with Gasteiger partial charge in [0.15, 0.2) is 0 Å². The van der Waals surface area contributed by atoms with Gasteiger partial charge in [-0.05, 0) is 30.4 Å². The van der Waals surface area contributed by atoms with Crippen molar-refractivity contribution in [1.29, 1.82) is 0 Å². The molecule has 1 aliphatic carbocycles. The van der Waals surface area contributed by atoms with Gasteiger partial charge in [-0.2, -0.15) is 0 Å². The molecule has 0 bridgehead atoms. The first-order valence-electron chi connectivity index (χ1n) is 5.49. The summed E-state index contributed by atoms with van der Waals surface area (Å²) in [7, 11) is 0. The molecule has 0 unspecified atom stereocenters. The first-order valence-corrected chi connectivity index (χ1v) is 5.87. The van der Waals surface area contributed by atoms with Gasteiger partial charge in [0.25, 0.3) is 0 Å². The second kappa shape index (κ2) is 4.97. The molecule has 1 aromatic rings. The van der Waals surface area contributed by atoms with Crippen LogP contribution in [0.1, 0.15) is 24.3 Å². The summed E-state index contributed by atoms with van der Waals surface area (Å²) in [5, 5.41) is 4.32. The first-order chi connectivity index (χ1) is 7.31. The summed E-state index contributed by atoms with van der Waals surface area (Å²) in [6.45, 7) is 1.63. The van der Waals surface area contributed by atoms with Crippen LogP contribution in [0.5, 0.6) is 0 Å². The van der Waals surface area contributed by atoms with Crippen molar-refractivity contribution in [3.63, 3.8) is 0 Å². The Labute approximate surface area is 95.8 Å². The molecule has 1 fully saturated rings. The monoisotopic (exact) mass is 224 g/mol. The number of nitrogens with two attached hydrogens (primary N) is 1. The second-order valence-electron chi connectivity index (χ2n) is 4.13. The number of benzene rings is 1. The van der Waals surface area contributed by atoms with Crippen molar-refractivity contribution in [2.45, 2.75) is 24.8 Å². The molecule has 0 atom stereocenters. The zero-order valence-corrected chi connectivity index (χ0v) is 9.50. The molecule has 2 nitrogen and oxygen atoms in total. The number of nitrogens with one attached hydrogen (secondary N) is 1. The van der Waals surface area contributed by atoms with Gasteiger partial charge in [-0.1, -0.05) is 29.8 Å². The van der Waals surface area contributed by atoms with E-state index in [1.807, 2.05) is 12.1 Å². The Morgan fingerprint density at radius 1 is 1.33 bits per heavy atom. The average Bonchev–Trinajstić information content (AvgIpc) is 2.18. The van der Waals surface area contributed by atoms with E-state index < -0.39 is 0 Å². The maximum absolute atomic E-state index is 6.14. The van der Waals surface area contributed by atoms with Crippen LogP contribution in [0.4, 0.5) is 0 Å². The van der Waals surface area contributed by atoms with Crippen molar-refractivity contribution in [3.8, 4) is 0 Å². The summed E-state index contributed by atoms with van der Waals surface area (Å²) in [6.07, 6.45) is 2.37. The molecule has 15 heavy (non-hydrogen) atoms. The topological polar surface area (TPSA) is 38.0 Å². The summed E-state index contributed by atoms with van der Waals surface area (Å²) < 4.78 is 0. The smallest absolute Gasteiger partial charge is 0.0440 e. The highest BCUT2D eigenvalue weighted by molar-refractivity contribution is 6.31. The van der Waals surface area contributed by atoms with Crippen LogP contribution < -0.4 is 11.1 Å². The maximum Gasteiger partial charge on any atom is 0.0440 e. The molecule has 3 N–H and O–H groups in total. The van der Waals surface area contributed by atoms with Crippen LogP contribution in [0.25, 0.3) is 0 Å². The van der Waals surface area contributed by atoms with Gasteiger partial charge in [-0.25, -0.2) is 0 Å². The molecule has 1 saturated carbocycles. The van der Waals surface area contributed by atoms with Gasteiger partial charge in [0.1, 0.15) is 0 Å². The van der Waals surface area contributed by atoms with E-state index in [1.165, 1.54) is 18.4 Å². The lowest BCUT2D eigenvalue weighted by atomic mass is 9.76. The largest absolute Gasteiger partial charge is 0.329 e. The molecule has 1 aromatic carbocycles. The Balaban J connectivity index is 1.87. The van der Waals surface area contributed by atoms with Crippen molar-refractivity contribution in [2.24, 2.45) is 5.73 Å². The summed E-state index contributed by atoms with van der Waals surface area (Å²) >= 11 is 6.14. The van der Waals surface area contributed by atoms with E-state index in [0.29, 0.717) is 18.5 Å². The first kappa shape index (κ1) is 10.9. The zero-order chi connectivity index (χ0) is 10.7. The van der Waals surface area contributed by atoms with Crippen molar-refractivity contribution in [1.82, 2.24) is 5.32 Å². The van der Waals surface area contributed by atoms with Crippen molar-refractivity contribution >= 4 is 11.6 Å². The van der Waals surface area contributed by atoms with Crippen LogP contribution in [0, 0.1) is 0 Å². The summed E-state index contributed by atoms with van der Waals surface area (Å²) in [5.74, 6) is 0.633.